The average molecular weight is 185 g/mol. The van der Waals surface area contributed by atoms with E-state index >= 15 is 0 Å². The van der Waals surface area contributed by atoms with Gasteiger partial charge in [-0.05, 0) is 0 Å². The smallest absolute Gasteiger partial charge is 0.312 e. The van der Waals surface area contributed by atoms with Crippen LogP contribution in [0.1, 0.15) is 6.92 Å². The summed E-state index contributed by atoms with van der Waals surface area (Å²) < 4.78 is 16.6. The van der Waals surface area contributed by atoms with Crippen molar-refractivity contribution in [2.45, 2.75) is 6.92 Å². The quantitative estimate of drug-likeness (QED) is 0.493. The number of hydrogen-bond acceptors (Lipinski definition) is 4. The monoisotopic (exact) mass is 185 g/mol. The van der Waals surface area contributed by atoms with Gasteiger partial charge in [0.05, 0.1) is 0 Å². The molecular formula is C3H8NO4PS. The Morgan fingerprint density at radius 2 is 2.30 bits per heavy atom. The predicted octanol–water partition coefficient (Wildman–Crippen LogP) is 0.517. The van der Waals surface area contributed by atoms with Gasteiger partial charge in [-0.3, -0.25) is 9.32 Å². The van der Waals surface area contributed by atoms with Crippen LogP contribution in [0.5, 0.6) is 0 Å². The van der Waals surface area contributed by atoms with Crippen LogP contribution >= 0.6 is 19.7 Å². The third-order valence-corrected chi connectivity index (χ3v) is 2.62. The molecule has 2 N–H and O–H groups in total. The maximum Gasteiger partial charge on any atom is 0.412 e. The van der Waals surface area contributed by atoms with Gasteiger partial charge in [0.25, 0.3) is 0 Å². The van der Waals surface area contributed by atoms with Crippen molar-refractivity contribution in [3.8, 4) is 0 Å². The molecule has 60 valence electrons. The lowest BCUT2D eigenvalue weighted by molar-refractivity contribution is -0.109. The van der Waals surface area contributed by atoms with E-state index in [0.717, 1.165) is 7.11 Å². The van der Waals surface area contributed by atoms with Gasteiger partial charge in [0.15, 0.2) is 0 Å². The Kier molecular flexibility index (Phi) is 4.15. The summed E-state index contributed by atoms with van der Waals surface area (Å²) in [5.41, 5.74) is 0. The minimum absolute atomic E-state index is 0.300. The van der Waals surface area contributed by atoms with Crippen molar-refractivity contribution in [1.29, 1.82) is 0 Å². The number of nitrogens with one attached hydrogen (secondary N) is 1. The van der Waals surface area contributed by atoms with Gasteiger partial charge in [0.1, 0.15) is 0 Å². The van der Waals surface area contributed by atoms with E-state index in [2.05, 4.69) is 4.52 Å². The Morgan fingerprint density at radius 1 is 1.80 bits per heavy atom. The van der Waals surface area contributed by atoms with Gasteiger partial charge in [0.2, 0.25) is 5.12 Å². The molecule has 0 aromatic heterocycles. The first kappa shape index (κ1) is 10.1. The molecule has 0 aliphatic carbocycles. The summed E-state index contributed by atoms with van der Waals surface area (Å²) in [6.07, 6.45) is 0. The zero-order valence-electron chi connectivity index (χ0n) is 5.53. The molecule has 0 saturated carbocycles. The third-order valence-electron chi connectivity index (χ3n) is 0.552. The van der Waals surface area contributed by atoms with Crippen LogP contribution in [0.3, 0.4) is 0 Å². The van der Waals surface area contributed by atoms with Crippen molar-refractivity contribution < 1.29 is 18.8 Å². The molecular weight excluding hydrogens is 177 g/mol. The van der Waals surface area contributed by atoms with E-state index in [1.165, 1.54) is 6.92 Å². The third kappa shape index (κ3) is 4.96. The highest BCUT2D eigenvalue weighted by molar-refractivity contribution is 8.14. The summed E-state index contributed by atoms with van der Waals surface area (Å²) in [6, 6.07) is 0. The zero-order valence-corrected chi connectivity index (χ0v) is 7.24. The second kappa shape index (κ2) is 4.10. The SMILES string of the molecule is COP(=O)(O)NSC(C)=O. The van der Waals surface area contributed by atoms with Gasteiger partial charge in [0, 0.05) is 26.0 Å². The van der Waals surface area contributed by atoms with Gasteiger partial charge in [-0.2, -0.15) is 4.49 Å². The first-order valence-electron chi connectivity index (χ1n) is 2.31. The fraction of sp³-hybridized carbons (Fsp3) is 0.667. The Morgan fingerprint density at radius 3 is 2.60 bits per heavy atom. The minimum Gasteiger partial charge on any atom is -0.312 e. The van der Waals surface area contributed by atoms with Gasteiger partial charge >= 0.3 is 7.75 Å². The molecule has 0 saturated heterocycles. The van der Waals surface area contributed by atoms with E-state index in [1.54, 1.807) is 0 Å². The van der Waals surface area contributed by atoms with E-state index < -0.39 is 7.75 Å². The van der Waals surface area contributed by atoms with Crippen LogP contribution in [0, 0.1) is 0 Å². The molecule has 5 nitrogen and oxygen atoms in total. The molecule has 0 aliphatic heterocycles. The van der Waals surface area contributed by atoms with Crippen LogP contribution < -0.4 is 4.49 Å². The summed E-state index contributed by atoms with van der Waals surface area (Å²) in [6.45, 7) is 1.27. The molecule has 0 spiro atoms. The Balaban J connectivity index is 3.68. The average Bonchev–Trinajstić information content (AvgIpc) is 1.85. The molecule has 0 aliphatic rings. The lowest BCUT2D eigenvalue weighted by atomic mass is 10.9. The lowest BCUT2D eigenvalue weighted by Gasteiger charge is -2.06. The van der Waals surface area contributed by atoms with E-state index in [-0.39, 0.29) is 5.12 Å². The topological polar surface area (TPSA) is 75.6 Å². The summed E-state index contributed by atoms with van der Waals surface area (Å²) in [5.74, 6) is 0. The molecule has 1 unspecified atom stereocenters. The molecule has 0 fully saturated rings. The molecule has 1 atom stereocenters. The summed E-state index contributed by atoms with van der Waals surface area (Å²) in [7, 11) is -2.66. The summed E-state index contributed by atoms with van der Waals surface area (Å²) in [4.78, 5) is 18.8. The highest BCUT2D eigenvalue weighted by Gasteiger charge is 2.16. The molecule has 7 heteroatoms. The molecule has 10 heavy (non-hydrogen) atoms. The number of carbonyl (C=O) groups is 1. The fourth-order valence-corrected chi connectivity index (χ4v) is 1.43. The zero-order chi connectivity index (χ0) is 8.20. The van der Waals surface area contributed by atoms with Gasteiger partial charge in [-0.25, -0.2) is 4.57 Å². The van der Waals surface area contributed by atoms with Crippen molar-refractivity contribution in [1.82, 2.24) is 4.49 Å². The predicted molar refractivity (Wildman–Crippen MR) is 38.2 cm³/mol. The largest absolute Gasteiger partial charge is 0.412 e. The van der Waals surface area contributed by atoms with Crippen LogP contribution in [0.2, 0.25) is 0 Å². The lowest BCUT2D eigenvalue weighted by Crippen LogP contribution is -2.03. The fourth-order valence-electron chi connectivity index (χ4n) is 0.159. The van der Waals surface area contributed by atoms with Crippen molar-refractivity contribution in [2.24, 2.45) is 0 Å². The van der Waals surface area contributed by atoms with E-state index in [1.807, 2.05) is 4.49 Å². The summed E-state index contributed by atoms with van der Waals surface area (Å²) in [5, 5.41) is -0.300. The molecule has 0 heterocycles. The highest BCUT2D eigenvalue weighted by Crippen LogP contribution is 2.37. The molecule has 0 bridgehead atoms. The van der Waals surface area contributed by atoms with Crippen LogP contribution in [0.15, 0.2) is 0 Å². The normalized spacial score (nSPS) is 16.3. The van der Waals surface area contributed by atoms with Crippen molar-refractivity contribution in [3.05, 3.63) is 0 Å². The first-order chi connectivity index (χ1) is 4.48. The summed E-state index contributed by atoms with van der Waals surface area (Å²) >= 11 is 0.536. The van der Waals surface area contributed by atoms with Crippen molar-refractivity contribution in [2.75, 3.05) is 7.11 Å². The van der Waals surface area contributed by atoms with Gasteiger partial charge < -0.3 is 4.89 Å². The Bertz CT molecular complexity index is 172. The van der Waals surface area contributed by atoms with Crippen molar-refractivity contribution in [3.63, 3.8) is 0 Å². The van der Waals surface area contributed by atoms with Crippen LogP contribution in [-0.2, 0) is 13.9 Å². The molecule has 0 aromatic carbocycles. The van der Waals surface area contributed by atoms with Gasteiger partial charge in [-0.15, -0.1) is 0 Å². The van der Waals surface area contributed by atoms with Crippen molar-refractivity contribution >= 4 is 24.8 Å². The minimum atomic E-state index is -3.74. The molecule has 0 radical (unpaired) electrons. The molecule has 0 aromatic rings. The Labute approximate surface area is 62.9 Å². The highest BCUT2D eigenvalue weighted by atomic mass is 32.2. The van der Waals surface area contributed by atoms with Crippen LogP contribution in [0.4, 0.5) is 0 Å². The first-order valence-corrected chi connectivity index (χ1v) is 4.70. The van der Waals surface area contributed by atoms with E-state index in [4.69, 9.17) is 4.89 Å². The van der Waals surface area contributed by atoms with Crippen LogP contribution in [0.25, 0.3) is 0 Å². The molecule has 0 amide bonds. The standard InChI is InChI=1S/C3H8NO4PS/c1-3(5)10-4-9(6,7)8-2/h1-2H3,(H2,4,6,7). The van der Waals surface area contributed by atoms with E-state index in [9.17, 15) is 9.36 Å². The Hall–Kier alpha value is 0.130. The second-order valence-electron chi connectivity index (χ2n) is 1.39. The van der Waals surface area contributed by atoms with Crippen LogP contribution in [-0.4, -0.2) is 17.1 Å². The number of rotatable bonds is 3. The second-order valence-corrected chi connectivity index (χ2v) is 4.30. The van der Waals surface area contributed by atoms with E-state index in [0.29, 0.717) is 11.9 Å². The van der Waals surface area contributed by atoms with Gasteiger partial charge in [-0.1, -0.05) is 0 Å². The molecule has 0 rings (SSSR count). The number of carbonyl (C=O) groups excluding carboxylic acids is 1. The maximum absolute atomic E-state index is 10.5. The maximum atomic E-state index is 10.5. The number of hydrogen-bond donors (Lipinski definition) is 2.